The van der Waals surface area contributed by atoms with Gasteiger partial charge in [-0.1, -0.05) is 76.2 Å². The third-order valence-electron chi connectivity index (χ3n) is 12.8. The van der Waals surface area contributed by atoms with E-state index in [1.54, 1.807) is 18.0 Å². The summed E-state index contributed by atoms with van der Waals surface area (Å²) >= 11 is 0. The predicted molar refractivity (Wildman–Crippen MR) is 217 cm³/mol. The van der Waals surface area contributed by atoms with Crippen molar-refractivity contribution in [2.75, 3.05) is 26.2 Å². The van der Waals surface area contributed by atoms with Crippen molar-refractivity contribution in [3.63, 3.8) is 0 Å². The molecule has 4 N–H and O–H groups in total. The van der Waals surface area contributed by atoms with Gasteiger partial charge in [-0.3, -0.25) is 9.59 Å². The molecular weight excluding hydrogens is 705 g/mol. The quantitative estimate of drug-likeness (QED) is 0.133. The van der Waals surface area contributed by atoms with Crippen molar-refractivity contribution < 1.29 is 19.1 Å². The molecule has 3 amide bonds. The number of likely N-dealkylation sites (tertiary alicyclic amines) is 2. The largest absolute Gasteiger partial charge is 0.433 e. The molecule has 0 radical (unpaired) electrons. The van der Waals surface area contributed by atoms with Crippen molar-refractivity contribution in [2.24, 2.45) is 17.6 Å². The van der Waals surface area contributed by atoms with Crippen LogP contribution in [-0.2, 0) is 14.3 Å². The van der Waals surface area contributed by atoms with Crippen LogP contribution in [0, 0.1) is 11.8 Å². The summed E-state index contributed by atoms with van der Waals surface area (Å²) in [7, 11) is 0. The fourth-order valence-electron chi connectivity index (χ4n) is 9.16. The molecule has 1 unspecified atom stereocenters. The van der Waals surface area contributed by atoms with Gasteiger partial charge in [-0.25, -0.2) is 14.8 Å². The molecule has 2 aliphatic heterocycles. The molecule has 3 fully saturated rings. The van der Waals surface area contributed by atoms with Gasteiger partial charge in [0.05, 0.1) is 35.9 Å². The second-order valence-corrected chi connectivity index (χ2v) is 16.3. The average molecular weight is 763 g/mol. The summed E-state index contributed by atoms with van der Waals surface area (Å²) in [4.78, 5) is 62.0. The van der Waals surface area contributed by atoms with Crippen LogP contribution in [0.1, 0.15) is 110 Å². The van der Waals surface area contributed by atoms with Gasteiger partial charge in [0.1, 0.15) is 11.6 Å². The lowest BCUT2D eigenvalue weighted by atomic mass is 9.84. The number of hydrogen-bond donors (Lipinski definition) is 3. The fraction of sp³-hybridized carbons (Fsp3) is 0.523. The highest BCUT2D eigenvalue weighted by Crippen LogP contribution is 2.38. The lowest BCUT2D eigenvalue weighted by molar-refractivity contribution is -0.155. The number of primary amides is 1. The van der Waals surface area contributed by atoms with Crippen LogP contribution in [0.15, 0.2) is 60.9 Å². The molecule has 0 bridgehead atoms. The van der Waals surface area contributed by atoms with Gasteiger partial charge in [-0.15, -0.1) is 0 Å². The highest BCUT2D eigenvalue weighted by atomic mass is 16.6. The van der Waals surface area contributed by atoms with E-state index in [1.807, 2.05) is 20.0 Å². The zero-order valence-corrected chi connectivity index (χ0v) is 33.6. The Balaban J connectivity index is 0.978. The van der Waals surface area contributed by atoms with E-state index in [2.05, 4.69) is 87.1 Å². The number of imidazole rings is 2. The normalized spacial score (nSPS) is 22.5. The molecular formula is C44H58N8O4. The first-order chi connectivity index (χ1) is 27.0. The van der Waals surface area contributed by atoms with E-state index >= 15 is 0 Å². The molecule has 3 aliphatic rings. The minimum atomic E-state index is -1.36. The number of carbonyl (C=O) groups is 3. The number of nitrogens with one attached hydrogen (secondary N) is 2. The monoisotopic (exact) mass is 762 g/mol. The van der Waals surface area contributed by atoms with Crippen LogP contribution in [0.25, 0.3) is 33.6 Å². The number of hydrogen-bond acceptors (Lipinski definition) is 7. The summed E-state index contributed by atoms with van der Waals surface area (Å²) < 4.78 is 5.37. The van der Waals surface area contributed by atoms with Crippen molar-refractivity contribution in [3.05, 3.63) is 72.6 Å². The van der Waals surface area contributed by atoms with Gasteiger partial charge in [0, 0.05) is 31.0 Å². The van der Waals surface area contributed by atoms with Crippen LogP contribution in [-0.4, -0.2) is 90.4 Å². The van der Waals surface area contributed by atoms with Gasteiger partial charge < -0.3 is 35.1 Å². The molecule has 1 saturated carbocycles. The zero-order valence-electron chi connectivity index (χ0n) is 33.6. The van der Waals surface area contributed by atoms with Crippen LogP contribution < -0.4 is 5.73 Å². The summed E-state index contributed by atoms with van der Waals surface area (Å²) in [5.41, 5.74) is 10.0. The van der Waals surface area contributed by atoms with Crippen molar-refractivity contribution in [1.82, 2.24) is 34.6 Å². The molecule has 12 nitrogen and oxygen atoms in total. The first-order valence-electron chi connectivity index (χ1n) is 20.7. The molecule has 298 valence electrons. The first kappa shape index (κ1) is 39.3. The van der Waals surface area contributed by atoms with E-state index in [-0.39, 0.29) is 29.8 Å². The molecule has 56 heavy (non-hydrogen) atoms. The maximum absolute atomic E-state index is 13.8. The number of benzene rings is 2. The number of nitrogens with two attached hydrogens (primary N) is 1. The molecule has 2 saturated heterocycles. The van der Waals surface area contributed by atoms with Gasteiger partial charge in [0.15, 0.2) is 5.60 Å². The lowest BCUT2D eigenvalue weighted by Gasteiger charge is -2.37. The standard InChI is InChI=1S/C44H58N8O4/c1-6-50(7-2)34-22-20-33(21-23-34)41(53)51-24-8-10-37(51)39-46-26-35(48-39)31-16-12-29(13-17-31)30-14-18-32(19-15-30)36-27-47-40(49-36)38-11-9-25-52(38)42(54)44(5,28(3)4)56-43(45)55/h12-19,26-28,33-34,37-38H,6-11,20-25H2,1-5H3,(H2,45,55)(H,46,48)(H,47,49)/t33-,34+,37?,38-,44+/m1/s1. The Bertz CT molecular complexity index is 1980. The maximum atomic E-state index is 13.8. The molecule has 4 heterocycles. The number of aromatic nitrogens is 4. The third kappa shape index (κ3) is 7.85. The SMILES string of the molecule is CCN(CC)[C@H]1CC[C@@H](C(=O)N2CCCC2c2ncc(-c3ccc(-c4ccc(-c5cnc([C@H]6CCCN6C(=O)[C@@](C)(OC(N)=O)C(C)C)[nH]5)cc4)cc3)[nH]2)CC1. The van der Waals surface area contributed by atoms with Gasteiger partial charge >= 0.3 is 6.09 Å². The summed E-state index contributed by atoms with van der Waals surface area (Å²) in [6.45, 7) is 13.3. The van der Waals surface area contributed by atoms with Crippen LogP contribution >= 0.6 is 0 Å². The van der Waals surface area contributed by atoms with E-state index in [0.29, 0.717) is 24.3 Å². The second kappa shape index (κ2) is 16.6. The Morgan fingerprint density at radius 3 is 1.70 bits per heavy atom. The predicted octanol–water partition coefficient (Wildman–Crippen LogP) is 7.87. The van der Waals surface area contributed by atoms with E-state index in [0.717, 1.165) is 110 Å². The number of carbonyl (C=O) groups excluding carboxylic acids is 3. The van der Waals surface area contributed by atoms with Gasteiger partial charge in [0.25, 0.3) is 5.91 Å². The molecule has 3 atom stereocenters. The summed E-state index contributed by atoms with van der Waals surface area (Å²) in [6, 6.07) is 17.2. The molecule has 1 aliphatic carbocycles. The van der Waals surface area contributed by atoms with Crippen LogP contribution in [0.3, 0.4) is 0 Å². The molecule has 4 aromatic rings. The maximum Gasteiger partial charge on any atom is 0.405 e. The molecule has 7 rings (SSSR count). The van der Waals surface area contributed by atoms with E-state index < -0.39 is 11.7 Å². The molecule has 12 heteroatoms. The Labute approximate surface area is 330 Å². The highest BCUT2D eigenvalue weighted by molar-refractivity contribution is 5.88. The average Bonchev–Trinajstić information content (AvgIpc) is 4.05. The van der Waals surface area contributed by atoms with Gasteiger partial charge in [-0.05, 0) is 93.6 Å². The first-order valence-corrected chi connectivity index (χ1v) is 20.7. The van der Waals surface area contributed by atoms with Crippen LogP contribution in [0.2, 0.25) is 0 Å². The summed E-state index contributed by atoms with van der Waals surface area (Å²) in [5.74, 6) is 1.49. The van der Waals surface area contributed by atoms with Gasteiger partial charge in [-0.2, -0.15) is 0 Å². The Morgan fingerprint density at radius 1 is 0.768 bits per heavy atom. The Kier molecular flexibility index (Phi) is 11.7. The number of nitrogens with zero attached hydrogens (tertiary/aromatic N) is 5. The fourth-order valence-corrected chi connectivity index (χ4v) is 9.16. The van der Waals surface area contributed by atoms with E-state index in [1.165, 1.54) is 0 Å². The van der Waals surface area contributed by atoms with E-state index in [4.69, 9.17) is 15.5 Å². The molecule has 2 aromatic heterocycles. The van der Waals surface area contributed by atoms with Crippen molar-refractivity contribution in [1.29, 1.82) is 0 Å². The number of amides is 3. The second-order valence-electron chi connectivity index (χ2n) is 16.3. The van der Waals surface area contributed by atoms with Crippen molar-refractivity contribution >= 4 is 17.9 Å². The molecule has 0 spiro atoms. The van der Waals surface area contributed by atoms with Crippen LogP contribution in [0.5, 0.6) is 0 Å². The van der Waals surface area contributed by atoms with Crippen molar-refractivity contribution in [2.45, 2.75) is 110 Å². The summed E-state index contributed by atoms with van der Waals surface area (Å²) in [5, 5.41) is 0. The minimum absolute atomic E-state index is 0.00338. The number of H-pyrrole nitrogens is 2. The Morgan fingerprint density at radius 2 is 1.23 bits per heavy atom. The smallest absolute Gasteiger partial charge is 0.405 e. The minimum Gasteiger partial charge on any atom is -0.433 e. The Hall–Kier alpha value is -4.97. The van der Waals surface area contributed by atoms with Gasteiger partial charge in [0.2, 0.25) is 5.91 Å². The number of ether oxygens (including phenoxy) is 1. The zero-order chi connectivity index (χ0) is 39.6. The van der Waals surface area contributed by atoms with Crippen LogP contribution in [0.4, 0.5) is 4.79 Å². The number of rotatable bonds is 12. The van der Waals surface area contributed by atoms with E-state index in [9.17, 15) is 14.4 Å². The molecule has 2 aromatic carbocycles. The summed E-state index contributed by atoms with van der Waals surface area (Å²) in [6.07, 6.45) is 10.4. The number of aromatic amines is 2. The lowest BCUT2D eigenvalue weighted by Crippen LogP contribution is -2.53. The topological polar surface area (TPSA) is 154 Å². The van der Waals surface area contributed by atoms with Crippen molar-refractivity contribution in [3.8, 4) is 33.6 Å². The third-order valence-corrected chi connectivity index (χ3v) is 12.8. The highest BCUT2D eigenvalue weighted by Gasteiger charge is 2.47.